The van der Waals surface area contributed by atoms with E-state index in [-0.39, 0.29) is 17.4 Å². The van der Waals surface area contributed by atoms with Crippen LogP contribution in [0.25, 0.3) is 0 Å². The van der Waals surface area contributed by atoms with E-state index in [9.17, 15) is 9.18 Å². The molecule has 1 amide bonds. The Kier molecular flexibility index (Phi) is 4.61. The molecule has 25 heavy (non-hydrogen) atoms. The second-order valence-corrected chi connectivity index (χ2v) is 5.63. The molecule has 0 radical (unpaired) electrons. The van der Waals surface area contributed by atoms with Crippen LogP contribution in [0.1, 0.15) is 16.1 Å². The van der Waals surface area contributed by atoms with Gasteiger partial charge in [0.15, 0.2) is 0 Å². The molecule has 0 bridgehead atoms. The van der Waals surface area contributed by atoms with Crippen molar-refractivity contribution in [2.45, 2.75) is 6.92 Å². The molecule has 0 aliphatic heterocycles. The molecule has 3 aromatic rings. The van der Waals surface area contributed by atoms with Crippen LogP contribution in [0.3, 0.4) is 0 Å². The molecule has 0 saturated heterocycles. The number of rotatable bonds is 4. The standard InChI is InChI=1S/C19H17FN4O/c1-12-4-2-6-15(8-12)23-19(25)17-10-14(21)11-18(24-17)22-16-7-3-5-13(20)9-16/h2-11H,1H3,(H,23,25)(H3,21,22,24). The van der Waals surface area contributed by atoms with E-state index in [0.717, 1.165) is 5.56 Å². The monoisotopic (exact) mass is 336 g/mol. The minimum atomic E-state index is -0.375. The lowest BCUT2D eigenvalue weighted by Crippen LogP contribution is -2.15. The molecule has 126 valence electrons. The van der Waals surface area contributed by atoms with Gasteiger partial charge in [-0.2, -0.15) is 0 Å². The number of nitrogen functional groups attached to an aromatic ring is 1. The number of amides is 1. The molecule has 0 aliphatic rings. The Bertz CT molecular complexity index is 927. The molecule has 4 N–H and O–H groups in total. The smallest absolute Gasteiger partial charge is 0.274 e. The number of hydrogen-bond donors (Lipinski definition) is 3. The van der Waals surface area contributed by atoms with Gasteiger partial charge in [-0.25, -0.2) is 9.37 Å². The van der Waals surface area contributed by atoms with Gasteiger partial charge in [-0.05, 0) is 48.9 Å². The lowest BCUT2D eigenvalue weighted by molar-refractivity contribution is 0.102. The Morgan fingerprint density at radius 1 is 1.04 bits per heavy atom. The lowest BCUT2D eigenvalue weighted by atomic mass is 10.2. The Morgan fingerprint density at radius 3 is 2.56 bits per heavy atom. The number of carbonyl (C=O) groups excluding carboxylic acids is 1. The highest BCUT2D eigenvalue weighted by Gasteiger charge is 2.11. The van der Waals surface area contributed by atoms with Gasteiger partial charge in [-0.1, -0.05) is 18.2 Å². The van der Waals surface area contributed by atoms with Crippen LogP contribution in [0, 0.1) is 12.7 Å². The fraction of sp³-hybridized carbons (Fsp3) is 0.0526. The number of anilines is 4. The molecule has 0 aliphatic carbocycles. The average Bonchev–Trinajstić information content (AvgIpc) is 2.54. The van der Waals surface area contributed by atoms with E-state index in [0.29, 0.717) is 22.9 Å². The zero-order chi connectivity index (χ0) is 17.8. The molecule has 1 aromatic heterocycles. The van der Waals surface area contributed by atoms with E-state index in [2.05, 4.69) is 15.6 Å². The lowest BCUT2D eigenvalue weighted by Gasteiger charge is -2.10. The van der Waals surface area contributed by atoms with Crippen molar-refractivity contribution >= 4 is 28.8 Å². The number of hydrogen-bond acceptors (Lipinski definition) is 4. The fourth-order valence-electron chi connectivity index (χ4n) is 2.36. The second kappa shape index (κ2) is 7.00. The largest absolute Gasteiger partial charge is 0.399 e. The third-order valence-electron chi connectivity index (χ3n) is 3.45. The summed E-state index contributed by atoms with van der Waals surface area (Å²) >= 11 is 0. The van der Waals surface area contributed by atoms with E-state index in [1.807, 2.05) is 25.1 Å². The van der Waals surface area contributed by atoms with Crippen LogP contribution in [-0.4, -0.2) is 10.9 Å². The van der Waals surface area contributed by atoms with E-state index in [4.69, 9.17) is 5.73 Å². The van der Waals surface area contributed by atoms with Crippen molar-refractivity contribution in [3.63, 3.8) is 0 Å². The van der Waals surface area contributed by atoms with Gasteiger partial charge in [-0.15, -0.1) is 0 Å². The third-order valence-corrected chi connectivity index (χ3v) is 3.45. The van der Waals surface area contributed by atoms with Gasteiger partial charge in [0.25, 0.3) is 5.91 Å². The highest BCUT2D eigenvalue weighted by molar-refractivity contribution is 6.03. The van der Waals surface area contributed by atoms with Crippen molar-refractivity contribution in [1.29, 1.82) is 0 Å². The van der Waals surface area contributed by atoms with Crippen LogP contribution in [0.15, 0.2) is 60.7 Å². The summed E-state index contributed by atoms with van der Waals surface area (Å²) in [5.41, 5.74) is 8.64. The van der Waals surface area contributed by atoms with Gasteiger partial charge in [0.2, 0.25) is 0 Å². The summed E-state index contributed by atoms with van der Waals surface area (Å²) in [6.07, 6.45) is 0. The maximum Gasteiger partial charge on any atom is 0.274 e. The summed E-state index contributed by atoms with van der Waals surface area (Å²) in [5, 5.41) is 5.72. The molecule has 3 rings (SSSR count). The predicted molar refractivity (Wildman–Crippen MR) is 97.5 cm³/mol. The second-order valence-electron chi connectivity index (χ2n) is 5.63. The van der Waals surface area contributed by atoms with Gasteiger partial charge in [0.05, 0.1) is 0 Å². The summed E-state index contributed by atoms with van der Waals surface area (Å²) in [5.74, 6) is -0.383. The van der Waals surface area contributed by atoms with E-state index >= 15 is 0 Å². The van der Waals surface area contributed by atoms with Gasteiger partial charge in [0, 0.05) is 23.1 Å². The van der Waals surface area contributed by atoms with Gasteiger partial charge < -0.3 is 16.4 Å². The highest BCUT2D eigenvalue weighted by Crippen LogP contribution is 2.19. The molecule has 0 spiro atoms. The summed E-state index contributed by atoms with van der Waals surface area (Å²) in [4.78, 5) is 16.7. The van der Waals surface area contributed by atoms with Crippen LogP contribution in [-0.2, 0) is 0 Å². The van der Waals surface area contributed by atoms with Crippen molar-refractivity contribution in [2.24, 2.45) is 0 Å². The summed E-state index contributed by atoms with van der Waals surface area (Å²) in [6.45, 7) is 1.94. The highest BCUT2D eigenvalue weighted by atomic mass is 19.1. The topological polar surface area (TPSA) is 80.0 Å². The Morgan fingerprint density at radius 2 is 1.80 bits per heavy atom. The molecule has 5 nitrogen and oxygen atoms in total. The quantitative estimate of drug-likeness (QED) is 0.670. The van der Waals surface area contributed by atoms with Crippen LogP contribution in [0.4, 0.5) is 27.3 Å². The number of halogens is 1. The molecule has 0 unspecified atom stereocenters. The van der Waals surface area contributed by atoms with Crippen LogP contribution < -0.4 is 16.4 Å². The van der Waals surface area contributed by atoms with Crippen molar-refractivity contribution in [1.82, 2.24) is 4.98 Å². The van der Waals surface area contributed by atoms with Gasteiger partial charge in [-0.3, -0.25) is 4.79 Å². The average molecular weight is 336 g/mol. The van der Waals surface area contributed by atoms with E-state index in [1.165, 1.54) is 18.2 Å². The molecule has 6 heteroatoms. The molecule has 0 atom stereocenters. The first-order chi connectivity index (χ1) is 12.0. The number of aryl methyl sites for hydroxylation is 1. The number of carbonyl (C=O) groups is 1. The van der Waals surface area contributed by atoms with Gasteiger partial charge >= 0.3 is 0 Å². The first-order valence-electron chi connectivity index (χ1n) is 7.68. The maximum atomic E-state index is 13.3. The third kappa shape index (κ3) is 4.32. The minimum Gasteiger partial charge on any atom is -0.399 e. The number of pyridine rings is 1. The number of benzene rings is 2. The number of nitrogens with two attached hydrogens (primary N) is 1. The van der Waals surface area contributed by atoms with Gasteiger partial charge in [0.1, 0.15) is 17.3 Å². The zero-order valence-corrected chi connectivity index (χ0v) is 13.6. The van der Waals surface area contributed by atoms with Crippen molar-refractivity contribution in [2.75, 3.05) is 16.4 Å². The summed E-state index contributed by atoms with van der Waals surface area (Å²) in [7, 11) is 0. The molecule has 1 heterocycles. The van der Waals surface area contributed by atoms with Crippen molar-refractivity contribution < 1.29 is 9.18 Å². The molecular weight excluding hydrogens is 319 g/mol. The first-order valence-corrected chi connectivity index (χ1v) is 7.68. The molecule has 0 saturated carbocycles. The number of nitrogens with zero attached hydrogens (tertiary/aromatic N) is 1. The summed E-state index contributed by atoms with van der Waals surface area (Å²) in [6, 6.07) is 16.5. The Labute approximate surface area is 144 Å². The molecule has 0 fully saturated rings. The number of nitrogens with one attached hydrogen (secondary N) is 2. The van der Waals surface area contributed by atoms with Crippen molar-refractivity contribution in [3.05, 3.63) is 77.7 Å². The Hall–Kier alpha value is -3.41. The molecule has 2 aromatic carbocycles. The summed E-state index contributed by atoms with van der Waals surface area (Å²) < 4.78 is 13.3. The van der Waals surface area contributed by atoms with E-state index in [1.54, 1.807) is 24.3 Å². The van der Waals surface area contributed by atoms with E-state index < -0.39 is 0 Å². The zero-order valence-electron chi connectivity index (χ0n) is 13.6. The Balaban J connectivity index is 1.82. The fourth-order valence-corrected chi connectivity index (χ4v) is 2.36. The van der Waals surface area contributed by atoms with Crippen LogP contribution >= 0.6 is 0 Å². The number of aromatic nitrogens is 1. The first kappa shape index (κ1) is 16.4. The van der Waals surface area contributed by atoms with Crippen molar-refractivity contribution in [3.8, 4) is 0 Å². The predicted octanol–water partition coefficient (Wildman–Crippen LogP) is 4.11. The van der Waals surface area contributed by atoms with Crippen LogP contribution in [0.5, 0.6) is 0 Å². The maximum absolute atomic E-state index is 13.3. The SMILES string of the molecule is Cc1cccc(NC(=O)c2cc(N)cc(Nc3cccc(F)c3)n2)c1. The van der Waals surface area contributed by atoms with Crippen LogP contribution in [0.2, 0.25) is 0 Å². The normalized spacial score (nSPS) is 10.3. The molecular formula is C19H17FN4O. The minimum absolute atomic E-state index is 0.167.